The van der Waals surface area contributed by atoms with Crippen LogP contribution < -0.4 is 0 Å². The number of carbonyl (C=O) groups excluding carboxylic acids is 1. The van der Waals surface area contributed by atoms with Gasteiger partial charge in [-0.25, -0.2) is 0 Å². The maximum atomic E-state index is 11.1. The van der Waals surface area contributed by atoms with Crippen LogP contribution in [-0.2, 0) is 9.53 Å². The molecule has 0 aromatic rings. The van der Waals surface area contributed by atoms with Crippen LogP contribution in [0.25, 0.3) is 0 Å². The molecule has 2 atom stereocenters. The molecule has 0 amide bonds. The third-order valence-corrected chi connectivity index (χ3v) is 2.17. The van der Waals surface area contributed by atoms with Crippen molar-refractivity contribution >= 4 is 5.97 Å². The molecule has 1 fully saturated rings. The molecule has 0 spiro atoms. The van der Waals surface area contributed by atoms with Crippen LogP contribution in [0.4, 0.5) is 0 Å². The molecule has 64 valence electrons. The van der Waals surface area contributed by atoms with Gasteiger partial charge in [-0.3, -0.25) is 4.79 Å². The summed E-state index contributed by atoms with van der Waals surface area (Å²) in [5.41, 5.74) is 0. The first-order chi connectivity index (χ1) is 5.29. The lowest BCUT2D eigenvalue weighted by Gasteiger charge is -1.98. The lowest BCUT2D eigenvalue weighted by Crippen LogP contribution is -2.07. The van der Waals surface area contributed by atoms with Gasteiger partial charge in [0.1, 0.15) is 0 Å². The molecular formula is C9H16O2. The highest BCUT2D eigenvalue weighted by Crippen LogP contribution is 2.42. The van der Waals surface area contributed by atoms with E-state index in [1.807, 2.05) is 6.92 Å². The van der Waals surface area contributed by atoms with Gasteiger partial charge in [0.15, 0.2) is 0 Å². The standard InChI is InChI=1S/C9H16O2/c1-3-5-7-6-8(7)9(10)11-4-2/h7-8H,3-6H2,1-2H3/t7?,8-/m0/s1. The first kappa shape index (κ1) is 8.57. The number of rotatable bonds is 4. The maximum Gasteiger partial charge on any atom is 0.309 e. The first-order valence-corrected chi connectivity index (χ1v) is 4.46. The minimum absolute atomic E-state index is 0.0194. The van der Waals surface area contributed by atoms with E-state index in [0.29, 0.717) is 12.5 Å². The van der Waals surface area contributed by atoms with Gasteiger partial charge in [-0.1, -0.05) is 13.3 Å². The lowest BCUT2D eigenvalue weighted by atomic mass is 10.2. The molecule has 0 saturated heterocycles. The summed E-state index contributed by atoms with van der Waals surface area (Å²) in [5.74, 6) is 0.903. The second-order valence-electron chi connectivity index (χ2n) is 3.14. The quantitative estimate of drug-likeness (QED) is 0.582. The van der Waals surface area contributed by atoms with E-state index in [1.54, 1.807) is 0 Å². The fourth-order valence-electron chi connectivity index (χ4n) is 1.48. The molecule has 1 rings (SSSR count). The molecule has 0 aromatic heterocycles. The van der Waals surface area contributed by atoms with Crippen molar-refractivity contribution in [2.75, 3.05) is 6.61 Å². The summed E-state index contributed by atoms with van der Waals surface area (Å²) in [6.45, 7) is 4.53. The fourth-order valence-corrected chi connectivity index (χ4v) is 1.48. The predicted molar refractivity (Wildman–Crippen MR) is 43.1 cm³/mol. The smallest absolute Gasteiger partial charge is 0.309 e. The van der Waals surface area contributed by atoms with Crippen LogP contribution in [0.15, 0.2) is 0 Å². The number of carbonyl (C=O) groups is 1. The van der Waals surface area contributed by atoms with Crippen LogP contribution in [-0.4, -0.2) is 12.6 Å². The van der Waals surface area contributed by atoms with E-state index in [1.165, 1.54) is 12.8 Å². The van der Waals surface area contributed by atoms with Gasteiger partial charge in [-0.2, -0.15) is 0 Å². The summed E-state index contributed by atoms with van der Waals surface area (Å²) in [6.07, 6.45) is 3.43. The molecule has 0 N–H and O–H groups in total. The predicted octanol–water partition coefficient (Wildman–Crippen LogP) is 1.99. The van der Waals surface area contributed by atoms with Gasteiger partial charge in [-0.15, -0.1) is 0 Å². The van der Waals surface area contributed by atoms with Gasteiger partial charge >= 0.3 is 5.97 Å². The average molecular weight is 156 g/mol. The Kier molecular flexibility index (Phi) is 2.92. The van der Waals surface area contributed by atoms with Gasteiger partial charge in [0.2, 0.25) is 0 Å². The van der Waals surface area contributed by atoms with E-state index in [0.717, 1.165) is 6.42 Å². The monoisotopic (exact) mass is 156 g/mol. The largest absolute Gasteiger partial charge is 0.466 e. The van der Waals surface area contributed by atoms with Crippen LogP contribution in [0.5, 0.6) is 0 Å². The van der Waals surface area contributed by atoms with E-state index >= 15 is 0 Å². The van der Waals surface area contributed by atoms with E-state index in [2.05, 4.69) is 6.92 Å². The van der Waals surface area contributed by atoms with Gasteiger partial charge in [-0.05, 0) is 25.7 Å². The van der Waals surface area contributed by atoms with Crippen LogP contribution >= 0.6 is 0 Å². The highest BCUT2D eigenvalue weighted by atomic mass is 16.5. The fraction of sp³-hybridized carbons (Fsp3) is 0.889. The minimum atomic E-state index is 0.0194. The molecule has 0 aliphatic heterocycles. The van der Waals surface area contributed by atoms with E-state index in [9.17, 15) is 4.79 Å². The van der Waals surface area contributed by atoms with Crippen molar-refractivity contribution < 1.29 is 9.53 Å². The zero-order valence-electron chi connectivity index (χ0n) is 7.30. The third-order valence-electron chi connectivity index (χ3n) is 2.17. The Morgan fingerprint density at radius 2 is 2.27 bits per heavy atom. The Hall–Kier alpha value is -0.530. The molecule has 1 aliphatic rings. The second kappa shape index (κ2) is 3.74. The Bertz CT molecular complexity index is 142. The zero-order valence-corrected chi connectivity index (χ0v) is 7.30. The van der Waals surface area contributed by atoms with Gasteiger partial charge in [0.05, 0.1) is 12.5 Å². The molecule has 2 nitrogen and oxygen atoms in total. The van der Waals surface area contributed by atoms with Crippen molar-refractivity contribution in [2.45, 2.75) is 33.1 Å². The number of hydrogen-bond donors (Lipinski definition) is 0. The van der Waals surface area contributed by atoms with Crippen LogP contribution in [0.1, 0.15) is 33.1 Å². The van der Waals surface area contributed by atoms with Crippen molar-refractivity contribution in [3.05, 3.63) is 0 Å². The molecule has 0 heterocycles. The normalized spacial score (nSPS) is 28.2. The Morgan fingerprint density at radius 3 is 2.82 bits per heavy atom. The summed E-state index contributed by atoms with van der Waals surface area (Å²) in [4.78, 5) is 11.1. The Balaban J connectivity index is 2.15. The topological polar surface area (TPSA) is 26.3 Å². The van der Waals surface area contributed by atoms with Crippen LogP contribution in [0.3, 0.4) is 0 Å². The molecule has 0 radical (unpaired) electrons. The molecular weight excluding hydrogens is 140 g/mol. The molecule has 2 heteroatoms. The minimum Gasteiger partial charge on any atom is -0.466 e. The first-order valence-electron chi connectivity index (χ1n) is 4.46. The molecule has 0 aromatic carbocycles. The van der Waals surface area contributed by atoms with Gasteiger partial charge in [0, 0.05) is 0 Å². The third kappa shape index (κ3) is 2.21. The SMILES string of the molecule is CCCC1C[C@@H]1C(=O)OCC. The molecule has 11 heavy (non-hydrogen) atoms. The van der Waals surface area contributed by atoms with E-state index in [4.69, 9.17) is 4.74 Å². The van der Waals surface area contributed by atoms with Crippen molar-refractivity contribution in [3.63, 3.8) is 0 Å². The van der Waals surface area contributed by atoms with E-state index < -0.39 is 0 Å². The van der Waals surface area contributed by atoms with Gasteiger partial charge in [0.25, 0.3) is 0 Å². The maximum absolute atomic E-state index is 11.1. The van der Waals surface area contributed by atoms with Crippen molar-refractivity contribution in [2.24, 2.45) is 11.8 Å². The Labute approximate surface area is 67.9 Å². The van der Waals surface area contributed by atoms with Crippen LogP contribution in [0.2, 0.25) is 0 Å². The molecule has 1 saturated carbocycles. The number of esters is 1. The van der Waals surface area contributed by atoms with Crippen molar-refractivity contribution in [3.8, 4) is 0 Å². The lowest BCUT2D eigenvalue weighted by molar-refractivity contribution is -0.145. The summed E-state index contributed by atoms with van der Waals surface area (Å²) in [7, 11) is 0. The summed E-state index contributed by atoms with van der Waals surface area (Å²) >= 11 is 0. The summed E-state index contributed by atoms with van der Waals surface area (Å²) in [5, 5.41) is 0. The molecule has 1 aliphatic carbocycles. The van der Waals surface area contributed by atoms with Gasteiger partial charge < -0.3 is 4.74 Å². The van der Waals surface area contributed by atoms with Crippen LogP contribution in [0, 0.1) is 11.8 Å². The zero-order chi connectivity index (χ0) is 8.27. The Morgan fingerprint density at radius 1 is 1.55 bits per heavy atom. The van der Waals surface area contributed by atoms with Crippen molar-refractivity contribution in [1.82, 2.24) is 0 Å². The molecule has 0 bridgehead atoms. The summed E-state index contributed by atoms with van der Waals surface area (Å²) in [6, 6.07) is 0. The number of ether oxygens (including phenoxy) is 1. The van der Waals surface area contributed by atoms with E-state index in [-0.39, 0.29) is 11.9 Å². The second-order valence-corrected chi connectivity index (χ2v) is 3.14. The van der Waals surface area contributed by atoms with Crippen molar-refractivity contribution in [1.29, 1.82) is 0 Å². The summed E-state index contributed by atoms with van der Waals surface area (Å²) < 4.78 is 4.90. The average Bonchev–Trinajstić information content (AvgIpc) is 2.69. The molecule has 1 unspecified atom stereocenters. The highest BCUT2D eigenvalue weighted by molar-refractivity contribution is 5.75. The number of hydrogen-bond acceptors (Lipinski definition) is 2. The highest BCUT2D eigenvalue weighted by Gasteiger charge is 2.42.